The maximum absolute atomic E-state index is 6.12. The minimum absolute atomic E-state index is 0.441. The number of rotatable bonds is 2. The number of nitrogens with zero attached hydrogens (tertiary/aromatic N) is 1. The second-order valence-electron chi connectivity index (χ2n) is 4.34. The summed E-state index contributed by atoms with van der Waals surface area (Å²) in [5.74, 6) is 0. The molecule has 1 unspecified atom stereocenters. The highest BCUT2D eigenvalue weighted by atomic mass is 35.5. The topological polar surface area (TPSA) is 15.3 Å². The summed E-state index contributed by atoms with van der Waals surface area (Å²) in [7, 11) is 2.14. The molecule has 1 aliphatic heterocycles. The lowest BCUT2D eigenvalue weighted by Crippen LogP contribution is -2.39. The van der Waals surface area contributed by atoms with Crippen molar-refractivity contribution in [2.45, 2.75) is 18.9 Å². The van der Waals surface area contributed by atoms with Gasteiger partial charge in [-0.25, -0.2) is 0 Å². The van der Waals surface area contributed by atoms with Crippen LogP contribution in [0.1, 0.15) is 12.8 Å². The molecular formula is C12H16Cl2N2. The highest BCUT2D eigenvalue weighted by molar-refractivity contribution is 6.39. The Bertz CT molecular complexity index is 348. The number of piperidine rings is 1. The van der Waals surface area contributed by atoms with Crippen molar-refractivity contribution >= 4 is 28.9 Å². The largest absolute Gasteiger partial charge is 0.379 e. The maximum atomic E-state index is 6.12. The zero-order chi connectivity index (χ0) is 11.5. The molecule has 2 nitrogen and oxygen atoms in total. The fraction of sp³-hybridized carbons (Fsp3) is 0.500. The molecule has 1 atom stereocenters. The third-order valence-corrected chi connectivity index (χ3v) is 3.57. The van der Waals surface area contributed by atoms with E-state index in [-0.39, 0.29) is 0 Å². The van der Waals surface area contributed by atoms with Crippen molar-refractivity contribution in [2.75, 3.05) is 25.5 Å². The van der Waals surface area contributed by atoms with Gasteiger partial charge < -0.3 is 10.2 Å². The van der Waals surface area contributed by atoms with Gasteiger partial charge in [0.05, 0.1) is 15.7 Å². The zero-order valence-corrected chi connectivity index (χ0v) is 10.9. The molecule has 0 aliphatic carbocycles. The van der Waals surface area contributed by atoms with Crippen LogP contribution < -0.4 is 5.32 Å². The van der Waals surface area contributed by atoms with Crippen molar-refractivity contribution in [2.24, 2.45) is 0 Å². The molecule has 1 saturated heterocycles. The predicted molar refractivity (Wildman–Crippen MR) is 70.6 cm³/mol. The number of benzene rings is 1. The van der Waals surface area contributed by atoms with Crippen LogP contribution in [0.2, 0.25) is 10.0 Å². The lowest BCUT2D eigenvalue weighted by molar-refractivity contribution is 0.261. The fourth-order valence-corrected chi connectivity index (χ4v) is 2.63. The van der Waals surface area contributed by atoms with Crippen LogP contribution in [0, 0.1) is 0 Å². The van der Waals surface area contributed by atoms with Crippen molar-refractivity contribution in [3.63, 3.8) is 0 Å². The first-order chi connectivity index (χ1) is 7.66. The van der Waals surface area contributed by atoms with Gasteiger partial charge in [-0.1, -0.05) is 29.3 Å². The summed E-state index contributed by atoms with van der Waals surface area (Å²) in [6, 6.07) is 6.03. The number of anilines is 1. The van der Waals surface area contributed by atoms with Gasteiger partial charge in [0.25, 0.3) is 0 Å². The van der Waals surface area contributed by atoms with Crippen LogP contribution in [0.25, 0.3) is 0 Å². The fourth-order valence-electron chi connectivity index (χ4n) is 2.12. The number of para-hydroxylation sites is 1. The normalized spacial score (nSPS) is 22.1. The Morgan fingerprint density at radius 1 is 1.31 bits per heavy atom. The van der Waals surface area contributed by atoms with Crippen LogP contribution in [0.15, 0.2) is 18.2 Å². The van der Waals surface area contributed by atoms with Gasteiger partial charge in [0.1, 0.15) is 0 Å². The molecule has 0 radical (unpaired) electrons. The zero-order valence-electron chi connectivity index (χ0n) is 9.34. The average molecular weight is 259 g/mol. The van der Waals surface area contributed by atoms with E-state index in [0.717, 1.165) is 12.2 Å². The van der Waals surface area contributed by atoms with E-state index in [4.69, 9.17) is 23.2 Å². The first kappa shape index (κ1) is 12.0. The molecule has 1 aromatic rings. The number of likely N-dealkylation sites (tertiary alicyclic amines) is 1. The number of likely N-dealkylation sites (N-methyl/N-ethyl adjacent to an activating group) is 1. The Morgan fingerprint density at radius 3 is 2.62 bits per heavy atom. The summed E-state index contributed by atoms with van der Waals surface area (Å²) in [4.78, 5) is 2.33. The Balaban J connectivity index is 2.08. The minimum atomic E-state index is 0.441. The molecule has 16 heavy (non-hydrogen) atoms. The Hall–Kier alpha value is -0.440. The van der Waals surface area contributed by atoms with Gasteiger partial charge in [-0.05, 0) is 38.6 Å². The van der Waals surface area contributed by atoms with Gasteiger partial charge in [-0.15, -0.1) is 0 Å². The Labute approximate surface area is 107 Å². The van der Waals surface area contributed by atoms with Crippen LogP contribution in [0.5, 0.6) is 0 Å². The molecule has 1 N–H and O–H groups in total. The molecule has 4 heteroatoms. The van der Waals surface area contributed by atoms with E-state index in [0.29, 0.717) is 16.1 Å². The van der Waals surface area contributed by atoms with Gasteiger partial charge in [0.2, 0.25) is 0 Å². The van der Waals surface area contributed by atoms with Gasteiger partial charge in [0, 0.05) is 12.6 Å². The summed E-state index contributed by atoms with van der Waals surface area (Å²) in [5.41, 5.74) is 0.867. The highest BCUT2D eigenvalue weighted by Crippen LogP contribution is 2.31. The van der Waals surface area contributed by atoms with Crippen molar-refractivity contribution in [3.8, 4) is 0 Å². The molecule has 1 aliphatic rings. The quantitative estimate of drug-likeness (QED) is 0.874. The summed E-state index contributed by atoms with van der Waals surface area (Å²) in [6.07, 6.45) is 2.39. The van der Waals surface area contributed by atoms with E-state index in [1.807, 2.05) is 18.2 Å². The van der Waals surface area contributed by atoms with Gasteiger partial charge in [0.15, 0.2) is 0 Å². The van der Waals surface area contributed by atoms with Crippen LogP contribution >= 0.6 is 23.2 Å². The van der Waals surface area contributed by atoms with E-state index in [1.165, 1.54) is 19.4 Å². The molecule has 1 heterocycles. The van der Waals surface area contributed by atoms with Gasteiger partial charge >= 0.3 is 0 Å². The first-order valence-electron chi connectivity index (χ1n) is 5.56. The average Bonchev–Trinajstić information content (AvgIpc) is 2.24. The lowest BCUT2D eigenvalue weighted by atomic mass is 10.1. The van der Waals surface area contributed by atoms with E-state index in [1.54, 1.807) is 0 Å². The predicted octanol–water partition coefficient (Wildman–Crippen LogP) is 3.50. The number of hydrogen-bond donors (Lipinski definition) is 1. The monoisotopic (exact) mass is 258 g/mol. The standard InChI is InChI=1S/C12H16Cl2N2/c1-16-7-3-4-9(8-16)15-12-10(13)5-2-6-11(12)14/h2,5-6,9,15H,3-4,7-8H2,1H3. The number of hydrogen-bond acceptors (Lipinski definition) is 2. The van der Waals surface area contributed by atoms with Crippen LogP contribution in [-0.2, 0) is 0 Å². The van der Waals surface area contributed by atoms with E-state index in [2.05, 4.69) is 17.3 Å². The highest BCUT2D eigenvalue weighted by Gasteiger charge is 2.18. The summed E-state index contributed by atoms with van der Waals surface area (Å²) >= 11 is 12.2. The smallest absolute Gasteiger partial charge is 0.0721 e. The Morgan fingerprint density at radius 2 is 2.00 bits per heavy atom. The molecule has 0 bridgehead atoms. The molecule has 1 aromatic carbocycles. The maximum Gasteiger partial charge on any atom is 0.0721 e. The second-order valence-corrected chi connectivity index (χ2v) is 5.16. The molecule has 88 valence electrons. The van der Waals surface area contributed by atoms with Crippen molar-refractivity contribution < 1.29 is 0 Å². The first-order valence-corrected chi connectivity index (χ1v) is 6.31. The summed E-state index contributed by atoms with van der Waals surface area (Å²) in [5, 5.41) is 4.83. The summed E-state index contributed by atoms with van der Waals surface area (Å²) < 4.78 is 0. The third-order valence-electron chi connectivity index (χ3n) is 2.94. The molecule has 0 aromatic heterocycles. The second kappa shape index (κ2) is 5.26. The minimum Gasteiger partial charge on any atom is -0.379 e. The van der Waals surface area contributed by atoms with Crippen molar-refractivity contribution in [1.29, 1.82) is 0 Å². The Kier molecular flexibility index (Phi) is 3.95. The molecule has 0 amide bonds. The number of halogens is 2. The van der Waals surface area contributed by atoms with Crippen LogP contribution in [-0.4, -0.2) is 31.1 Å². The van der Waals surface area contributed by atoms with Crippen molar-refractivity contribution in [1.82, 2.24) is 4.90 Å². The van der Waals surface area contributed by atoms with Crippen molar-refractivity contribution in [3.05, 3.63) is 28.2 Å². The van der Waals surface area contributed by atoms with E-state index < -0.39 is 0 Å². The SMILES string of the molecule is CN1CCCC(Nc2c(Cl)cccc2Cl)C1. The van der Waals surface area contributed by atoms with Gasteiger partial charge in [-0.2, -0.15) is 0 Å². The van der Waals surface area contributed by atoms with Crippen LogP contribution in [0.3, 0.4) is 0 Å². The third kappa shape index (κ3) is 2.82. The molecule has 2 rings (SSSR count). The molecule has 0 saturated carbocycles. The van der Waals surface area contributed by atoms with Gasteiger partial charge in [-0.3, -0.25) is 0 Å². The lowest BCUT2D eigenvalue weighted by Gasteiger charge is -2.31. The van der Waals surface area contributed by atoms with E-state index >= 15 is 0 Å². The molecular weight excluding hydrogens is 243 g/mol. The van der Waals surface area contributed by atoms with E-state index in [9.17, 15) is 0 Å². The molecule has 0 spiro atoms. The van der Waals surface area contributed by atoms with Crippen LogP contribution in [0.4, 0.5) is 5.69 Å². The number of nitrogens with one attached hydrogen (secondary N) is 1. The molecule has 1 fully saturated rings. The summed E-state index contributed by atoms with van der Waals surface area (Å²) in [6.45, 7) is 2.22.